The van der Waals surface area contributed by atoms with Gasteiger partial charge in [0.05, 0.1) is 11.3 Å². The van der Waals surface area contributed by atoms with Crippen molar-refractivity contribution in [3.63, 3.8) is 0 Å². The third-order valence-electron chi connectivity index (χ3n) is 6.12. The van der Waals surface area contributed by atoms with Crippen molar-refractivity contribution in [1.82, 2.24) is 14.0 Å². The molecule has 0 aliphatic carbocycles. The van der Waals surface area contributed by atoms with Crippen LogP contribution in [0.4, 0.5) is 29.1 Å². The second-order valence-electron chi connectivity index (χ2n) is 8.58. The van der Waals surface area contributed by atoms with Crippen LogP contribution in [0.3, 0.4) is 0 Å². The maximum Gasteiger partial charge on any atom is 0.457 e. The zero-order valence-corrected chi connectivity index (χ0v) is 20.4. The minimum Gasteiger partial charge on any atom is -0.450 e. The number of ether oxygens (including phenoxy) is 1. The van der Waals surface area contributed by atoms with E-state index in [0.717, 1.165) is 17.5 Å². The number of alkyl halides is 4. The number of nitrogens with zero attached hydrogens (tertiary/aromatic N) is 4. The molecule has 1 N–H and O–H groups in total. The number of piperazine rings is 1. The predicted octanol–water partition coefficient (Wildman–Crippen LogP) is 2.67. The van der Waals surface area contributed by atoms with E-state index in [9.17, 15) is 27.2 Å². The molecule has 0 saturated carbocycles. The summed E-state index contributed by atoms with van der Waals surface area (Å²) >= 11 is 0. The number of allylic oxidation sites excluding steroid dienone is 1. The van der Waals surface area contributed by atoms with Crippen LogP contribution in [0.5, 0.6) is 5.75 Å². The van der Waals surface area contributed by atoms with Gasteiger partial charge in [0.15, 0.2) is 0 Å². The molecule has 0 radical (unpaired) electrons. The topological polar surface area (TPSA) is 71.7 Å². The summed E-state index contributed by atoms with van der Waals surface area (Å²) in [5.74, 6) is 0.337. The zero-order valence-electron chi connectivity index (χ0n) is 20.4. The van der Waals surface area contributed by atoms with E-state index >= 15 is 0 Å². The Labute approximate surface area is 206 Å². The smallest absolute Gasteiger partial charge is 0.450 e. The molecule has 1 unspecified atom stereocenters. The van der Waals surface area contributed by atoms with Crippen molar-refractivity contribution in [2.45, 2.75) is 25.4 Å². The van der Waals surface area contributed by atoms with Gasteiger partial charge < -0.3 is 15.0 Å². The largest absolute Gasteiger partial charge is 0.457 e. The highest BCUT2D eigenvalue weighted by molar-refractivity contribution is 5.58. The van der Waals surface area contributed by atoms with E-state index in [2.05, 4.69) is 21.5 Å². The van der Waals surface area contributed by atoms with Crippen molar-refractivity contribution < 1.29 is 22.3 Å². The van der Waals surface area contributed by atoms with Gasteiger partial charge in [-0.05, 0) is 31.5 Å². The van der Waals surface area contributed by atoms with E-state index < -0.39 is 18.2 Å². The average Bonchev–Trinajstić information content (AvgIpc) is 2.85. The van der Waals surface area contributed by atoms with Crippen LogP contribution >= 0.6 is 0 Å². The third kappa shape index (κ3) is 6.28. The number of rotatable bonds is 10. The Morgan fingerprint density at radius 2 is 1.78 bits per heavy atom. The van der Waals surface area contributed by atoms with Gasteiger partial charge in [0, 0.05) is 46.8 Å². The highest BCUT2D eigenvalue weighted by atomic mass is 19.4. The third-order valence-corrected chi connectivity index (χ3v) is 6.12. The minimum atomic E-state index is -5.09. The van der Waals surface area contributed by atoms with Gasteiger partial charge in [-0.15, -0.1) is 6.58 Å². The lowest BCUT2D eigenvalue weighted by atomic mass is 10.2. The highest BCUT2D eigenvalue weighted by Gasteiger charge is 2.43. The van der Waals surface area contributed by atoms with Crippen LogP contribution in [0.2, 0.25) is 0 Å². The molecule has 1 atom stereocenters. The highest BCUT2D eigenvalue weighted by Crippen LogP contribution is 2.33. The summed E-state index contributed by atoms with van der Waals surface area (Å²) < 4.78 is 58.3. The van der Waals surface area contributed by atoms with Crippen LogP contribution in [0, 0.1) is 0 Å². The van der Waals surface area contributed by atoms with Crippen LogP contribution < -0.4 is 26.2 Å². The number of nitrogens with one attached hydrogen (secondary N) is 1. The monoisotopic (exact) mass is 513 g/mol. The molecule has 0 bridgehead atoms. The van der Waals surface area contributed by atoms with Gasteiger partial charge in [0.1, 0.15) is 11.6 Å². The molecule has 2 heterocycles. The SMILES string of the molecule is C=CCc1c(NCCCN2CCN(c3ccccc3OC(F)C(F)(F)F)CC2)n(C)c(=O)n(C)c1=O. The Bertz CT molecular complexity index is 1170. The molecule has 198 valence electrons. The Morgan fingerprint density at radius 1 is 1.11 bits per heavy atom. The molecule has 0 spiro atoms. The second-order valence-corrected chi connectivity index (χ2v) is 8.58. The Morgan fingerprint density at radius 3 is 2.42 bits per heavy atom. The summed E-state index contributed by atoms with van der Waals surface area (Å²) in [7, 11) is 3.05. The van der Waals surface area contributed by atoms with Crippen LogP contribution in [0.1, 0.15) is 12.0 Å². The minimum absolute atomic E-state index is 0.144. The van der Waals surface area contributed by atoms with Crippen molar-refractivity contribution in [2.24, 2.45) is 14.1 Å². The molecule has 1 fully saturated rings. The maximum absolute atomic E-state index is 13.4. The Hall–Kier alpha value is -3.28. The number of hydrogen-bond acceptors (Lipinski definition) is 6. The Balaban J connectivity index is 1.54. The van der Waals surface area contributed by atoms with E-state index in [-0.39, 0.29) is 11.3 Å². The summed E-state index contributed by atoms with van der Waals surface area (Å²) in [6, 6.07) is 6.12. The number of anilines is 2. The molecule has 36 heavy (non-hydrogen) atoms. The second kappa shape index (κ2) is 11.6. The van der Waals surface area contributed by atoms with Crippen LogP contribution in [-0.4, -0.2) is 65.8 Å². The fourth-order valence-corrected chi connectivity index (χ4v) is 4.19. The first-order valence-corrected chi connectivity index (χ1v) is 11.6. The fraction of sp³-hybridized carbons (Fsp3) is 0.500. The molecule has 1 saturated heterocycles. The maximum atomic E-state index is 13.4. The van der Waals surface area contributed by atoms with Gasteiger partial charge in [-0.2, -0.15) is 17.6 Å². The number of halogens is 4. The van der Waals surface area contributed by atoms with Crippen molar-refractivity contribution in [3.05, 3.63) is 63.3 Å². The molecule has 3 rings (SSSR count). The van der Waals surface area contributed by atoms with Gasteiger partial charge in [0.25, 0.3) is 5.56 Å². The summed E-state index contributed by atoms with van der Waals surface area (Å²) in [4.78, 5) is 28.9. The van der Waals surface area contributed by atoms with Crippen LogP contribution in [-0.2, 0) is 20.5 Å². The van der Waals surface area contributed by atoms with Gasteiger partial charge in [-0.3, -0.25) is 18.8 Å². The van der Waals surface area contributed by atoms with Crippen LogP contribution in [0.15, 0.2) is 46.5 Å². The van der Waals surface area contributed by atoms with Gasteiger partial charge in [0.2, 0.25) is 0 Å². The fourth-order valence-electron chi connectivity index (χ4n) is 4.19. The molecule has 0 amide bonds. The van der Waals surface area contributed by atoms with E-state index in [4.69, 9.17) is 0 Å². The first-order chi connectivity index (χ1) is 17.0. The summed E-state index contributed by atoms with van der Waals surface area (Å²) in [5, 5.41) is 3.21. The number of benzene rings is 1. The van der Waals surface area contributed by atoms with Gasteiger partial charge >= 0.3 is 18.2 Å². The quantitative estimate of drug-likeness (QED) is 0.299. The van der Waals surface area contributed by atoms with Crippen LogP contribution in [0.25, 0.3) is 0 Å². The molecule has 1 aromatic heterocycles. The summed E-state index contributed by atoms with van der Waals surface area (Å²) in [6.07, 6.45) is -5.78. The summed E-state index contributed by atoms with van der Waals surface area (Å²) in [5.41, 5.74) is 0.136. The number of para-hydroxylation sites is 2. The molecular formula is C24H31F4N5O3. The lowest BCUT2D eigenvalue weighted by Gasteiger charge is -2.37. The standard InChI is InChI=1S/C24H31F4N5O3/c1-4-8-17-20(30(2)23(35)31(3)21(17)34)29-11-7-12-32-13-15-33(16-14-32)18-9-5-6-10-19(18)36-22(25)24(26,27)28/h4-6,9-10,22,29H,1,7-8,11-16H2,2-3H3. The number of aromatic nitrogens is 2. The van der Waals surface area contributed by atoms with Crippen molar-refractivity contribution in [1.29, 1.82) is 0 Å². The van der Waals surface area contributed by atoms with Crippen molar-refractivity contribution in [3.8, 4) is 5.75 Å². The average molecular weight is 514 g/mol. The molecule has 8 nitrogen and oxygen atoms in total. The first-order valence-electron chi connectivity index (χ1n) is 11.6. The summed E-state index contributed by atoms with van der Waals surface area (Å²) in [6.45, 7) is 7.39. The molecule has 1 aromatic carbocycles. The molecular weight excluding hydrogens is 482 g/mol. The molecule has 1 aliphatic heterocycles. The van der Waals surface area contributed by atoms with E-state index in [0.29, 0.717) is 56.2 Å². The van der Waals surface area contributed by atoms with E-state index in [1.54, 1.807) is 25.3 Å². The van der Waals surface area contributed by atoms with Crippen molar-refractivity contribution >= 4 is 11.5 Å². The lowest BCUT2D eigenvalue weighted by Crippen LogP contribution is -2.47. The lowest BCUT2D eigenvalue weighted by molar-refractivity contribution is -0.236. The Kier molecular flexibility index (Phi) is 8.83. The predicted molar refractivity (Wildman–Crippen MR) is 131 cm³/mol. The van der Waals surface area contributed by atoms with E-state index in [1.807, 2.05) is 4.90 Å². The molecule has 1 aliphatic rings. The molecule has 2 aromatic rings. The first kappa shape index (κ1) is 27.3. The normalized spacial score (nSPS) is 15.6. The van der Waals surface area contributed by atoms with Gasteiger partial charge in [-0.25, -0.2) is 4.79 Å². The van der Waals surface area contributed by atoms with Gasteiger partial charge in [-0.1, -0.05) is 18.2 Å². The zero-order chi connectivity index (χ0) is 26.5. The molecule has 12 heteroatoms. The number of hydrogen-bond donors (Lipinski definition) is 1. The van der Waals surface area contributed by atoms with Crippen molar-refractivity contribution in [2.75, 3.05) is 49.5 Å². The van der Waals surface area contributed by atoms with E-state index in [1.165, 1.54) is 23.7 Å².